The molecule has 0 unspecified atom stereocenters. The van der Waals surface area contributed by atoms with Crippen molar-refractivity contribution < 1.29 is 9.53 Å². The van der Waals surface area contributed by atoms with E-state index in [4.69, 9.17) is 4.74 Å². The monoisotopic (exact) mass is 188 g/mol. The molecule has 1 aliphatic rings. The van der Waals surface area contributed by atoms with Gasteiger partial charge in [-0.05, 0) is 12.5 Å². The number of hydrogen-bond donors (Lipinski definition) is 0. The maximum atomic E-state index is 11.4. The zero-order valence-electron chi connectivity index (χ0n) is 8.12. The van der Waals surface area contributed by atoms with Gasteiger partial charge in [-0.2, -0.15) is 0 Å². The summed E-state index contributed by atoms with van der Waals surface area (Å²) in [6, 6.07) is 7.52. The number of rotatable bonds is 2. The van der Waals surface area contributed by atoms with Crippen molar-refractivity contribution in [2.45, 2.75) is 19.8 Å². The third-order valence-electron chi connectivity index (χ3n) is 2.24. The second-order valence-electron chi connectivity index (χ2n) is 3.29. The molecule has 0 saturated carbocycles. The van der Waals surface area contributed by atoms with Crippen LogP contribution in [0.1, 0.15) is 25.3 Å². The van der Waals surface area contributed by atoms with Crippen molar-refractivity contribution in [1.29, 1.82) is 0 Å². The molecule has 2 rings (SSSR count). The van der Waals surface area contributed by atoms with E-state index in [-0.39, 0.29) is 5.97 Å². The first-order chi connectivity index (χ1) is 6.83. The van der Waals surface area contributed by atoms with E-state index in [0.29, 0.717) is 11.3 Å². The van der Waals surface area contributed by atoms with Gasteiger partial charge < -0.3 is 4.74 Å². The first-order valence-corrected chi connectivity index (χ1v) is 4.84. The van der Waals surface area contributed by atoms with Crippen molar-refractivity contribution in [2.24, 2.45) is 0 Å². The van der Waals surface area contributed by atoms with Crippen LogP contribution in [0.15, 0.2) is 30.3 Å². The summed E-state index contributed by atoms with van der Waals surface area (Å²) >= 11 is 0. The lowest BCUT2D eigenvalue weighted by molar-refractivity contribution is -0.127. The lowest BCUT2D eigenvalue weighted by Gasteiger charge is -1.93. The molecular formula is C12H12O2. The van der Waals surface area contributed by atoms with Gasteiger partial charge >= 0.3 is 5.97 Å². The molecule has 0 bridgehead atoms. The summed E-state index contributed by atoms with van der Waals surface area (Å²) in [5.74, 6) is 0.458. The summed E-state index contributed by atoms with van der Waals surface area (Å²) in [7, 11) is 0. The molecule has 1 aliphatic heterocycles. The SMILES string of the molecule is CCCC=C1C(=O)Oc2ccccc21. The number of ether oxygens (including phenoxy) is 1. The van der Waals surface area contributed by atoms with E-state index in [9.17, 15) is 4.79 Å². The Labute approximate surface area is 83.2 Å². The highest BCUT2D eigenvalue weighted by molar-refractivity contribution is 6.21. The van der Waals surface area contributed by atoms with Crippen molar-refractivity contribution in [3.8, 4) is 5.75 Å². The van der Waals surface area contributed by atoms with Crippen molar-refractivity contribution in [3.05, 3.63) is 35.9 Å². The van der Waals surface area contributed by atoms with Gasteiger partial charge in [0.2, 0.25) is 0 Å². The maximum Gasteiger partial charge on any atom is 0.343 e. The van der Waals surface area contributed by atoms with Gasteiger partial charge in [0.25, 0.3) is 0 Å². The Balaban J connectivity index is 2.39. The van der Waals surface area contributed by atoms with E-state index in [1.165, 1.54) is 0 Å². The van der Waals surface area contributed by atoms with E-state index in [1.54, 1.807) is 0 Å². The summed E-state index contributed by atoms with van der Waals surface area (Å²) in [6.07, 6.45) is 3.91. The number of benzene rings is 1. The van der Waals surface area contributed by atoms with Crippen molar-refractivity contribution in [1.82, 2.24) is 0 Å². The highest BCUT2D eigenvalue weighted by atomic mass is 16.5. The predicted molar refractivity (Wildman–Crippen MR) is 55.0 cm³/mol. The van der Waals surface area contributed by atoms with Crippen molar-refractivity contribution >= 4 is 11.5 Å². The molecule has 0 aromatic heterocycles. The second kappa shape index (κ2) is 3.66. The fourth-order valence-electron chi connectivity index (χ4n) is 1.52. The number of allylic oxidation sites excluding steroid dienone is 1. The molecule has 1 aromatic rings. The first kappa shape index (κ1) is 9.00. The fourth-order valence-corrected chi connectivity index (χ4v) is 1.52. The van der Waals surface area contributed by atoms with E-state index < -0.39 is 0 Å². The molecule has 0 amide bonds. The largest absolute Gasteiger partial charge is 0.422 e. The summed E-state index contributed by atoms with van der Waals surface area (Å²) in [5.41, 5.74) is 1.63. The molecule has 0 fully saturated rings. The van der Waals surface area contributed by atoms with Gasteiger partial charge in [0, 0.05) is 5.56 Å². The van der Waals surface area contributed by atoms with Gasteiger partial charge in [0.05, 0.1) is 5.57 Å². The Morgan fingerprint density at radius 1 is 1.36 bits per heavy atom. The minimum atomic E-state index is -0.223. The molecule has 0 aliphatic carbocycles. The Morgan fingerprint density at radius 2 is 2.14 bits per heavy atom. The van der Waals surface area contributed by atoms with Gasteiger partial charge in [-0.1, -0.05) is 37.6 Å². The van der Waals surface area contributed by atoms with Gasteiger partial charge in [-0.3, -0.25) is 0 Å². The molecule has 72 valence electrons. The van der Waals surface area contributed by atoms with Gasteiger partial charge in [0.1, 0.15) is 5.75 Å². The average Bonchev–Trinajstić information content (AvgIpc) is 2.51. The van der Waals surface area contributed by atoms with Crippen LogP contribution in [0.25, 0.3) is 5.57 Å². The van der Waals surface area contributed by atoms with Crippen LogP contribution in [0.3, 0.4) is 0 Å². The summed E-state index contributed by atoms with van der Waals surface area (Å²) in [4.78, 5) is 11.4. The molecule has 2 heteroatoms. The smallest absolute Gasteiger partial charge is 0.343 e. The molecule has 0 spiro atoms. The average molecular weight is 188 g/mol. The molecule has 0 atom stereocenters. The third-order valence-corrected chi connectivity index (χ3v) is 2.24. The van der Waals surface area contributed by atoms with Crippen LogP contribution in [0.5, 0.6) is 5.75 Å². The lowest BCUT2D eigenvalue weighted by Crippen LogP contribution is -2.00. The van der Waals surface area contributed by atoms with Crippen LogP contribution in [0, 0.1) is 0 Å². The summed E-state index contributed by atoms with van der Waals surface area (Å²) in [6.45, 7) is 2.09. The fraction of sp³-hybridized carbons (Fsp3) is 0.250. The van der Waals surface area contributed by atoms with E-state index in [1.807, 2.05) is 30.3 Å². The van der Waals surface area contributed by atoms with E-state index in [2.05, 4.69) is 6.92 Å². The van der Waals surface area contributed by atoms with Crippen LogP contribution in [0.4, 0.5) is 0 Å². The van der Waals surface area contributed by atoms with E-state index >= 15 is 0 Å². The number of carbonyl (C=O) groups excluding carboxylic acids is 1. The Hall–Kier alpha value is -1.57. The number of para-hydroxylation sites is 1. The zero-order chi connectivity index (χ0) is 9.97. The normalized spacial score (nSPS) is 16.9. The number of unbranched alkanes of at least 4 members (excludes halogenated alkanes) is 1. The zero-order valence-corrected chi connectivity index (χ0v) is 8.12. The topological polar surface area (TPSA) is 26.3 Å². The standard InChI is InChI=1S/C12H12O2/c1-2-3-6-10-9-7-4-5-8-11(9)14-12(10)13/h4-8H,2-3H2,1H3. The minimum Gasteiger partial charge on any atom is -0.422 e. The molecule has 14 heavy (non-hydrogen) atoms. The summed E-state index contributed by atoms with van der Waals surface area (Å²) in [5, 5.41) is 0. The minimum absolute atomic E-state index is 0.223. The lowest BCUT2D eigenvalue weighted by atomic mass is 10.1. The van der Waals surface area contributed by atoms with Gasteiger partial charge in [-0.15, -0.1) is 0 Å². The van der Waals surface area contributed by atoms with Gasteiger partial charge in [-0.25, -0.2) is 4.79 Å². The molecule has 2 nitrogen and oxygen atoms in total. The molecule has 0 radical (unpaired) electrons. The Morgan fingerprint density at radius 3 is 2.93 bits per heavy atom. The number of hydrogen-bond acceptors (Lipinski definition) is 2. The highest BCUT2D eigenvalue weighted by Crippen LogP contribution is 2.33. The Kier molecular flexibility index (Phi) is 2.35. The Bertz CT molecular complexity index is 391. The number of carbonyl (C=O) groups is 1. The van der Waals surface area contributed by atoms with Crippen molar-refractivity contribution in [2.75, 3.05) is 0 Å². The second-order valence-corrected chi connectivity index (χ2v) is 3.29. The highest BCUT2D eigenvalue weighted by Gasteiger charge is 2.25. The molecule has 0 N–H and O–H groups in total. The van der Waals surface area contributed by atoms with Crippen molar-refractivity contribution in [3.63, 3.8) is 0 Å². The molecule has 0 saturated heterocycles. The number of esters is 1. The molecule has 1 heterocycles. The van der Waals surface area contributed by atoms with Crippen LogP contribution in [-0.2, 0) is 4.79 Å². The molecule has 1 aromatic carbocycles. The predicted octanol–water partition coefficient (Wildman–Crippen LogP) is 2.79. The first-order valence-electron chi connectivity index (χ1n) is 4.84. The van der Waals surface area contributed by atoms with E-state index in [0.717, 1.165) is 18.4 Å². The van der Waals surface area contributed by atoms with Crippen LogP contribution >= 0.6 is 0 Å². The molecular weight excluding hydrogens is 176 g/mol. The maximum absolute atomic E-state index is 11.4. The van der Waals surface area contributed by atoms with Gasteiger partial charge in [0.15, 0.2) is 0 Å². The number of fused-ring (bicyclic) bond motifs is 1. The van der Waals surface area contributed by atoms with Crippen LogP contribution < -0.4 is 4.74 Å². The van der Waals surface area contributed by atoms with Crippen LogP contribution in [-0.4, -0.2) is 5.97 Å². The third kappa shape index (κ3) is 1.43. The quantitative estimate of drug-likeness (QED) is 0.405. The van der Waals surface area contributed by atoms with Crippen LogP contribution in [0.2, 0.25) is 0 Å². The summed E-state index contributed by atoms with van der Waals surface area (Å²) < 4.78 is 5.11.